The Kier molecular flexibility index (Phi) is 8.82. The Balaban J connectivity index is 1.57. The van der Waals surface area contributed by atoms with Gasteiger partial charge in [-0.2, -0.15) is 0 Å². The Morgan fingerprint density at radius 1 is 0.969 bits per heavy atom. The van der Waals surface area contributed by atoms with Crippen molar-refractivity contribution in [1.29, 1.82) is 0 Å². The van der Waals surface area contributed by atoms with Gasteiger partial charge in [-0.1, -0.05) is 55.5 Å². The van der Waals surface area contributed by atoms with Crippen LogP contribution in [0.1, 0.15) is 37.3 Å². The van der Waals surface area contributed by atoms with E-state index in [4.69, 9.17) is 4.74 Å². The molecule has 32 heavy (non-hydrogen) atoms. The van der Waals surface area contributed by atoms with Crippen LogP contribution in [0.15, 0.2) is 54.6 Å². The van der Waals surface area contributed by atoms with E-state index < -0.39 is 0 Å². The summed E-state index contributed by atoms with van der Waals surface area (Å²) < 4.78 is 5.59. The molecule has 0 aliphatic carbocycles. The predicted octanol–water partition coefficient (Wildman–Crippen LogP) is 3.51. The fourth-order valence-corrected chi connectivity index (χ4v) is 4.28. The number of hydrogen-bond donors (Lipinski definition) is 2. The summed E-state index contributed by atoms with van der Waals surface area (Å²) in [4.78, 5) is 27.3. The van der Waals surface area contributed by atoms with E-state index in [1.807, 2.05) is 54.3 Å². The molecule has 1 aliphatic rings. The lowest BCUT2D eigenvalue weighted by Gasteiger charge is -2.38. The van der Waals surface area contributed by atoms with Crippen LogP contribution in [0.4, 0.5) is 5.69 Å². The van der Waals surface area contributed by atoms with Crippen molar-refractivity contribution in [3.8, 4) is 0 Å². The van der Waals surface area contributed by atoms with Crippen LogP contribution in [0.2, 0.25) is 0 Å². The van der Waals surface area contributed by atoms with Gasteiger partial charge in [-0.05, 0) is 49.9 Å². The summed E-state index contributed by atoms with van der Waals surface area (Å²) in [5.41, 5.74) is 2.96. The first-order chi connectivity index (χ1) is 15.5. The van der Waals surface area contributed by atoms with Crippen LogP contribution in [0, 0.1) is 6.92 Å². The standard InChI is InChI=1S/C26H35N3O3/c1-3-15-29(19-25(31)28-23-12-8-7-9-21(23)2)18-24(30)27-20-26(13-16-32-17-14-26)22-10-5-4-6-11-22/h4-12H,3,13-20H2,1-2H3,(H,27,30)(H,28,31). The van der Waals surface area contributed by atoms with Crippen LogP contribution in [-0.4, -0.2) is 56.1 Å². The highest BCUT2D eigenvalue weighted by Gasteiger charge is 2.34. The van der Waals surface area contributed by atoms with Crippen LogP contribution in [0.25, 0.3) is 0 Å². The number of nitrogens with one attached hydrogen (secondary N) is 2. The summed E-state index contributed by atoms with van der Waals surface area (Å²) >= 11 is 0. The normalized spacial score (nSPS) is 15.3. The van der Waals surface area contributed by atoms with Crippen LogP contribution < -0.4 is 10.6 Å². The molecule has 0 aromatic heterocycles. The fraction of sp³-hybridized carbons (Fsp3) is 0.462. The Morgan fingerprint density at radius 3 is 2.31 bits per heavy atom. The maximum absolute atomic E-state index is 12.8. The van der Waals surface area contributed by atoms with Crippen molar-refractivity contribution in [2.45, 2.75) is 38.5 Å². The molecule has 172 valence electrons. The number of anilines is 1. The minimum Gasteiger partial charge on any atom is -0.381 e. The smallest absolute Gasteiger partial charge is 0.238 e. The van der Waals surface area contributed by atoms with Gasteiger partial charge in [-0.3, -0.25) is 14.5 Å². The van der Waals surface area contributed by atoms with Crippen molar-refractivity contribution >= 4 is 17.5 Å². The third-order valence-corrected chi connectivity index (χ3v) is 6.15. The molecule has 2 aromatic rings. The lowest BCUT2D eigenvalue weighted by molar-refractivity contribution is -0.123. The molecule has 0 bridgehead atoms. The number of amides is 2. The number of nitrogens with zero attached hydrogens (tertiary/aromatic N) is 1. The van der Waals surface area contributed by atoms with Crippen LogP contribution >= 0.6 is 0 Å². The van der Waals surface area contributed by atoms with Crippen molar-refractivity contribution in [2.75, 3.05) is 44.7 Å². The molecule has 3 rings (SSSR count). The summed E-state index contributed by atoms with van der Waals surface area (Å²) in [6.45, 7) is 7.07. The van der Waals surface area contributed by atoms with Crippen molar-refractivity contribution in [1.82, 2.24) is 10.2 Å². The van der Waals surface area contributed by atoms with Crippen molar-refractivity contribution in [2.24, 2.45) is 0 Å². The zero-order valence-corrected chi connectivity index (χ0v) is 19.2. The Bertz CT molecular complexity index is 879. The number of benzene rings is 2. The van der Waals surface area contributed by atoms with E-state index in [1.54, 1.807) is 0 Å². The van der Waals surface area contributed by atoms with Gasteiger partial charge in [0.05, 0.1) is 13.1 Å². The quantitative estimate of drug-likeness (QED) is 0.597. The second kappa shape index (κ2) is 11.8. The average molecular weight is 438 g/mol. The van der Waals surface area contributed by atoms with Crippen LogP contribution in [0.3, 0.4) is 0 Å². The maximum Gasteiger partial charge on any atom is 0.238 e. The van der Waals surface area contributed by atoms with Gasteiger partial charge >= 0.3 is 0 Å². The molecule has 0 spiro atoms. The molecule has 6 heteroatoms. The van der Waals surface area contributed by atoms with Crippen LogP contribution in [0.5, 0.6) is 0 Å². The van der Waals surface area contributed by atoms with Crippen LogP contribution in [-0.2, 0) is 19.7 Å². The van der Waals surface area contributed by atoms with E-state index in [2.05, 4.69) is 29.7 Å². The topological polar surface area (TPSA) is 70.7 Å². The predicted molar refractivity (Wildman–Crippen MR) is 128 cm³/mol. The third kappa shape index (κ3) is 6.65. The molecule has 2 amide bonds. The minimum absolute atomic E-state index is 0.0519. The molecule has 0 radical (unpaired) electrons. The number of para-hydroxylation sites is 1. The summed E-state index contributed by atoms with van der Waals surface area (Å²) in [6, 6.07) is 18.1. The molecule has 0 unspecified atom stereocenters. The largest absolute Gasteiger partial charge is 0.381 e. The number of ether oxygens (including phenoxy) is 1. The van der Waals surface area contributed by atoms with Gasteiger partial charge in [0.15, 0.2) is 0 Å². The third-order valence-electron chi connectivity index (χ3n) is 6.15. The first kappa shape index (κ1) is 24.0. The lowest BCUT2D eigenvalue weighted by Crippen LogP contribution is -2.48. The molecule has 0 atom stereocenters. The summed E-state index contributed by atoms with van der Waals surface area (Å²) in [6.07, 6.45) is 2.64. The molecule has 6 nitrogen and oxygen atoms in total. The van der Waals surface area contributed by atoms with Gasteiger partial charge in [-0.25, -0.2) is 0 Å². The SMILES string of the molecule is CCCN(CC(=O)NCC1(c2ccccc2)CCOCC1)CC(=O)Nc1ccccc1C. The first-order valence-electron chi connectivity index (χ1n) is 11.5. The zero-order chi connectivity index (χ0) is 22.8. The van der Waals surface area contributed by atoms with Gasteiger partial charge in [0.1, 0.15) is 0 Å². The van der Waals surface area contributed by atoms with E-state index in [-0.39, 0.29) is 30.3 Å². The number of rotatable bonds is 10. The molecule has 2 aromatic carbocycles. The van der Waals surface area contributed by atoms with Gasteiger partial charge in [-0.15, -0.1) is 0 Å². The van der Waals surface area contributed by atoms with E-state index in [9.17, 15) is 9.59 Å². The monoisotopic (exact) mass is 437 g/mol. The highest BCUT2D eigenvalue weighted by Crippen LogP contribution is 2.34. The van der Waals surface area contributed by atoms with Gasteiger partial charge in [0.25, 0.3) is 0 Å². The highest BCUT2D eigenvalue weighted by molar-refractivity contribution is 5.93. The highest BCUT2D eigenvalue weighted by atomic mass is 16.5. The van der Waals surface area contributed by atoms with E-state index in [1.165, 1.54) is 5.56 Å². The molecule has 1 fully saturated rings. The molecule has 2 N–H and O–H groups in total. The Labute approximate surface area is 191 Å². The second-order valence-electron chi connectivity index (χ2n) is 8.61. The van der Waals surface area contributed by atoms with Crippen molar-refractivity contribution in [3.63, 3.8) is 0 Å². The summed E-state index contributed by atoms with van der Waals surface area (Å²) in [5.74, 6) is -0.158. The number of carbonyl (C=O) groups excluding carboxylic acids is 2. The first-order valence-corrected chi connectivity index (χ1v) is 11.5. The average Bonchev–Trinajstić information content (AvgIpc) is 2.80. The molecule has 0 saturated carbocycles. The van der Waals surface area contributed by atoms with E-state index in [0.29, 0.717) is 26.3 Å². The maximum atomic E-state index is 12.8. The minimum atomic E-state index is -0.106. The number of hydrogen-bond acceptors (Lipinski definition) is 4. The summed E-state index contributed by atoms with van der Waals surface area (Å²) in [5, 5.41) is 6.10. The molecule has 1 aliphatic heterocycles. The molecule has 1 saturated heterocycles. The van der Waals surface area contributed by atoms with E-state index in [0.717, 1.165) is 30.5 Å². The lowest BCUT2D eigenvalue weighted by atomic mass is 9.74. The van der Waals surface area contributed by atoms with Gasteiger partial charge in [0.2, 0.25) is 11.8 Å². The van der Waals surface area contributed by atoms with E-state index >= 15 is 0 Å². The van der Waals surface area contributed by atoms with Crippen molar-refractivity contribution in [3.05, 3.63) is 65.7 Å². The Morgan fingerprint density at radius 2 is 1.62 bits per heavy atom. The molecule has 1 heterocycles. The van der Waals surface area contributed by atoms with Crippen molar-refractivity contribution < 1.29 is 14.3 Å². The molecular weight excluding hydrogens is 402 g/mol. The summed E-state index contributed by atoms with van der Waals surface area (Å²) in [7, 11) is 0. The number of aryl methyl sites for hydroxylation is 1. The number of carbonyl (C=O) groups is 2. The van der Waals surface area contributed by atoms with Gasteiger partial charge < -0.3 is 15.4 Å². The molecular formula is C26H35N3O3. The second-order valence-corrected chi connectivity index (χ2v) is 8.61. The fourth-order valence-electron chi connectivity index (χ4n) is 4.28. The zero-order valence-electron chi connectivity index (χ0n) is 19.2. The Hall–Kier alpha value is -2.70. The van der Waals surface area contributed by atoms with Gasteiger partial charge in [0, 0.05) is 30.9 Å².